The summed E-state index contributed by atoms with van der Waals surface area (Å²) < 4.78 is 0. The van der Waals surface area contributed by atoms with Crippen LogP contribution in [0.15, 0.2) is 30.3 Å². The molecular weight excluding hydrogens is 196 g/mol. The van der Waals surface area contributed by atoms with Gasteiger partial charge in [-0.15, -0.1) is 5.92 Å². The second-order valence-corrected chi connectivity index (χ2v) is 3.79. The van der Waals surface area contributed by atoms with Gasteiger partial charge in [-0.3, -0.25) is 4.79 Å². The number of hydrogen-bond donors (Lipinski definition) is 0. The highest BCUT2D eigenvalue weighted by Gasteiger charge is 2.13. The standard InChI is InChI=1S/C15H18O/c1-3-8-14(15(16)4-2)12-11-13-9-6-5-7-10-13/h5-7,9-10,14H,4,11-12H2,1-2H3. The predicted molar refractivity (Wildman–Crippen MR) is 67.0 cm³/mol. The molecule has 0 aliphatic rings. The minimum atomic E-state index is -0.0878. The summed E-state index contributed by atoms with van der Waals surface area (Å²) in [5.41, 5.74) is 1.27. The van der Waals surface area contributed by atoms with Gasteiger partial charge in [-0.25, -0.2) is 0 Å². The van der Waals surface area contributed by atoms with E-state index < -0.39 is 0 Å². The third kappa shape index (κ3) is 3.90. The van der Waals surface area contributed by atoms with Crippen LogP contribution in [0.3, 0.4) is 0 Å². The maximum atomic E-state index is 11.6. The number of hydrogen-bond acceptors (Lipinski definition) is 1. The molecule has 16 heavy (non-hydrogen) atoms. The van der Waals surface area contributed by atoms with Crippen molar-refractivity contribution in [1.29, 1.82) is 0 Å². The zero-order valence-corrected chi connectivity index (χ0v) is 9.99. The van der Waals surface area contributed by atoms with Crippen LogP contribution in [0.4, 0.5) is 0 Å². The van der Waals surface area contributed by atoms with Gasteiger partial charge < -0.3 is 0 Å². The zero-order valence-electron chi connectivity index (χ0n) is 9.99. The first-order valence-corrected chi connectivity index (χ1v) is 5.76. The molecule has 1 atom stereocenters. The molecule has 0 spiro atoms. The summed E-state index contributed by atoms with van der Waals surface area (Å²) >= 11 is 0. The van der Waals surface area contributed by atoms with Crippen LogP contribution >= 0.6 is 0 Å². The number of benzene rings is 1. The smallest absolute Gasteiger partial charge is 0.147 e. The lowest BCUT2D eigenvalue weighted by atomic mass is 9.95. The average molecular weight is 214 g/mol. The Bertz CT molecular complexity index is 381. The molecule has 0 bridgehead atoms. The van der Waals surface area contributed by atoms with Gasteiger partial charge in [0.15, 0.2) is 0 Å². The molecule has 0 heterocycles. The molecule has 0 saturated carbocycles. The fourth-order valence-corrected chi connectivity index (χ4v) is 1.69. The molecule has 1 unspecified atom stereocenters. The maximum Gasteiger partial charge on any atom is 0.147 e. The first kappa shape index (κ1) is 12.5. The van der Waals surface area contributed by atoms with E-state index in [1.54, 1.807) is 6.92 Å². The van der Waals surface area contributed by atoms with Crippen LogP contribution in [-0.2, 0) is 11.2 Å². The Kier molecular flexibility index (Phi) is 5.36. The van der Waals surface area contributed by atoms with E-state index in [2.05, 4.69) is 24.0 Å². The summed E-state index contributed by atoms with van der Waals surface area (Å²) in [6, 6.07) is 10.2. The van der Waals surface area contributed by atoms with Crippen LogP contribution in [0.2, 0.25) is 0 Å². The van der Waals surface area contributed by atoms with Crippen molar-refractivity contribution < 1.29 is 4.79 Å². The largest absolute Gasteiger partial charge is 0.298 e. The Morgan fingerprint density at radius 1 is 1.31 bits per heavy atom. The minimum Gasteiger partial charge on any atom is -0.298 e. The van der Waals surface area contributed by atoms with Gasteiger partial charge in [0.25, 0.3) is 0 Å². The average Bonchev–Trinajstić information content (AvgIpc) is 2.34. The summed E-state index contributed by atoms with van der Waals surface area (Å²) in [6.45, 7) is 3.69. The summed E-state index contributed by atoms with van der Waals surface area (Å²) in [5, 5.41) is 0. The van der Waals surface area contributed by atoms with E-state index in [0.29, 0.717) is 6.42 Å². The van der Waals surface area contributed by atoms with Crippen LogP contribution in [0, 0.1) is 17.8 Å². The fourth-order valence-electron chi connectivity index (χ4n) is 1.69. The second-order valence-electron chi connectivity index (χ2n) is 3.79. The van der Waals surface area contributed by atoms with E-state index >= 15 is 0 Å². The molecule has 0 aliphatic heterocycles. The van der Waals surface area contributed by atoms with Gasteiger partial charge in [0.05, 0.1) is 5.92 Å². The number of aryl methyl sites for hydroxylation is 1. The van der Waals surface area contributed by atoms with Crippen molar-refractivity contribution in [3.8, 4) is 11.8 Å². The summed E-state index contributed by atoms with van der Waals surface area (Å²) in [7, 11) is 0. The van der Waals surface area contributed by atoms with E-state index in [0.717, 1.165) is 12.8 Å². The molecule has 0 amide bonds. The van der Waals surface area contributed by atoms with Crippen molar-refractivity contribution in [2.75, 3.05) is 0 Å². The highest BCUT2D eigenvalue weighted by molar-refractivity contribution is 5.83. The first-order valence-electron chi connectivity index (χ1n) is 5.76. The highest BCUT2D eigenvalue weighted by atomic mass is 16.1. The molecule has 1 rings (SSSR count). The highest BCUT2D eigenvalue weighted by Crippen LogP contribution is 2.11. The molecule has 0 aromatic heterocycles. The Morgan fingerprint density at radius 2 is 2.00 bits per heavy atom. The molecule has 1 nitrogen and oxygen atoms in total. The van der Waals surface area contributed by atoms with Gasteiger partial charge in [-0.05, 0) is 25.3 Å². The maximum absolute atomic E-state index is 11.6. The van der Waals surface area contributed by atoms with Gasteiger partial charge in [0.2, 0.25) is 0 Å². The molecule has 0 fully saturated rings. The van der Waals surface area contributed by atoms with E-state index in [9.17, 15) is 4.79 Å². The molecule has 0 saturated heterocycles. The first-order chi connectivity index (χ1) is 7.77. The monoisotopic (exact) mass is 214 g/mol. The molecule has 0 N–H and O–H groups in total. The van der Waals surface area contributed by atoms with Crippen LogP contribution < -0.4 is 0 Å². The number of rotatable bonds is 5. The molecule has 0 aliphatic carbocycles. The summed E-state index contributed by atoms with van der Waals surface area (Å²) in [4.78, 5) is 11.6. The van der Waals surface area contributed by atoms with E-state index in [1.807, 2.05) is 25.1 Å². The topological polar surface area (TPSA) is 17.1 Å². The predicted octanol–water partition coefficient (Wildman–Crippen LogP) is 3.24. The third-order valence-corrected chi connectivity index (χ3v) is 2.62. The van der Waals surface area contributed by atoms with Gasteiger partial charge in [-0.1, -0.05) is 43.2 Å². The van der Waals surface area contributed by atoms with E-state index in [1.165, 1.54) is 5.56 Å². The third-order valence-electron chi connectivity index (χ3n) is 2.62. The van der Waals surface area contributed by atoms with Crippen LogP contribution in [-0.4, -0.2) is 5.78 Å². The molecule has 1 aromatic carbocycles. The lowest BCUT2D eigenvalue weighted by Crippen LogP contribution is -2.12. The molecule has 1 heteroatoms. The lowest BCUT2D eigenvalue weighted by Gasteiger charge is -2.08. The van der Waals surface area contributed by atoms with Gasteiger partial charge in [0.1, 0.15) is 5.78 Å². The SMILES string of the molecule is CC#CC(CCc1ccccc1)C(=O)CC. The number of ketones is 1. The molecule has 84 valence electrons. The normalized spacial score (nSPS) is 11.4. The summed E-state index contributed by atoms with van der Waals surface area (Å²) in [6.07, 6.45) is 2.33. The van der Waals surface area contributed by atoms with Crippen molar-refractivity contribution >= 4 is 5.78 Å². The van der Waals surface area contributed by atoms with Crippen LogP contribution in [0.5, 0.6) is 0 Å². The van der Waals surface area contributed by atoms with Crippen LogP contribution in [0.25, 0.3) is 0 Å². The van der Waals surface area contributed by atoms with Crippen LogP contribution in [0.1, 0.15) is 32.3 Å². The summed E-state index contributed by atoms with van der Waals surface area (Å²) in [5.74, 6) is 6.02. The zero-order chi connectivity index (χ0) is 11.8. The van der Waals surface area contributed by atoms with Gasteiger partial charge in [-0.2, -0.15) is 0 Å². The van der Waals surface area contributed by atoms with Crippen molar-refractivity contribution in [3.05, 3.63) is 35.9 Å². The van der Waals surface area contributed by atoms with Crippen molar-refractivity contribution in [2.24, 2.45) is 5.92 Å². The Hall–Kier alpha value is -1.55. The molecule has 0 radical (unpaired) electrons. The Morgan fingerprint density at radius 3 is 2.56 bits per heavy atom. The quantitative estimate of drug-likeness (QED) is 0.688. The second kappa shape index (κ2) is 6.85. The minimum absolute atomic E-state index is 0.0878. The number of carbonyl (C=O) groups excluding carboxylic acids is 1. The molecular formula is C15H18O. The number of Topliss-reactive ketones (excluding diaryl/α,β-unsaturated/α-hetero) is 1. The number of carbonyl (C=O) groups is 1. The fraction of sp³-hybridized carbons (Fsp3) is 0.400. The van der Waals surface area contributed by atoms with E-state index in [-0.39, 0.29) is 11.7 Å². The molecule has 1 aromatic rings. The van der Waals surface area contributed by atoms with Gasteiger partial charge >= 0.3 is 0 Å². The van der Waals surface area contributed by atoms with E-state index in [4.69, 9.17) is 0 Å². The lowest BCUT2D eigenvalue weighted by molar-refractivity contribution is -0.121. The Labute approximate surface area is 97.9 Å². The Balaban J connectivity index is 2.56. The van der Waals surface area contributed by atoms with Crippen molar-refractivity contribution in [2.45, 2.75) is 33.1 Å². The van der Waals surface area contributed by atoms with Crippen molar-refractivity contribution in [1.82, 2.24) is 0 Å². The van der Waals surface area contributed by atoms with Crippen molar-refractivity contribution in [3.63, 3.8) is 0 Å². The van der Waals surface area contributed by atoms with Gasteiger partial charge in [0, 0.05) is 6.42 Å².